The van der Waals surface area contributed by atoms with Gasteiger partial charge in [-0.25, -0.2) is 0 Å². The van der Waals surface area contributed by atoms with Gasteiger partial charge >= 0.3 is 5.97 Å². The van der Waals surface area contributed by atoms with Gasteiger partial charge in [0.2, 0.25) is 5.91 Å². The van der Waals surface area contributed by atoms with Gasteiger partial charge in [-0.15, -0.1) is 0 Å². The number of carbonyl (C=O) groups excluding carboxylic acids is 3. The van der Waals surface area contributed by atoms with E-state index >= 15 is 0 Å². The molecule has 0 unspecified atom stereocenters. The third-order valence-electron chi connectivity index (χ3n) is 4.38. The Morgan fingerprint density at radius 1 is 1.21 bits per heavy atom. The number of rotatable bonds is 6. The molecule has 1 heterocycles. The molecule has 2 aromatic rings. The van der Waals surface area contributed by atoms with E-state index in [-0.39, 0.29) is 18.9 Å². The molecule has 0 radical (unpaired) electrons. The molecule has 1 atom stereocenters. The first-order chi connectivity index (χ1) is 13.9. The summed E-state index contributed by atoms with van der Waals surface area (Å²) in [5.41, 5.74) is 0.905. The van der Waals surface area contributed by atoms with Crippen LogP contribution < -0.4 is 15.0 Å². The summed E-state index contributed by atoms with van der Waals surface area (Å²) in [5.74, 6) is -1.54. The lowest BCUT2D eigenvalue weighted by Gasteiger charge is -2.19. The molecule has 0 aromatic heterocycles. The number of amides is 2. The Hall–Kier alpha value is -2.77. The van der Waals surface area contributed by atoms with Gasteiger partial charge < -0.3 is 19.7 Å². The first-order valence-electron chi connectivity index (χ1n) is 8.74. The van der Waals surface area contributed by atoms with E-state index in [1.807, 2.05) is 0 Å². The van der Waals surface area contributed by atoms with Crippen molar-refractivity contribution in [3.63, 3.8) is 0 Å². The number of para-hydroxylation sites is 2. The van der Waals surface area contributed by atoms with E-state index in [2.05, 4.69) is 5.32 Å². The maximum atomic E-state index is 12.4. The largest absolute Gasteiger partial charge is 0.495 e. The monoisotopic (exact) mass is 436 g/mol. The van der Waals surface area contributed by atoms with Crippen LogP contribution in [0.3, 0.4) is 0 Å². The van der Waals surface area contributed by atoms with Gasteiger partial charge in [-0.05, 0) is 30.3 Å². The number of hydrogen-bond acceptors (Lipinski definition) is 5. The number of halogens is 2. The lowest BCUT2D eigenvalue weighted by molar-refractivity contribution is -0.151. The second-order valence-corrected chi connectivity index (χ2v) is 7.20. The molecule has 0 bridgehead atoms. The summed E-state index contributed by atoms with van der Waals surface area (Å²) < 4.78 is 10.4. The number of carbonyl (C=O) groups is 3. The summed E-state index contributed by atoms with van der Waals surface area (Å²) in [4.78, 5) is 38.2. The van der Waals surface area contributed by atoms with Crippen LogP contribution in [0.1, 0.15) is 6.42 Å². The van der Waals surface area contributed by atoms with E-state index in [1.54, 1.807) is 36.4 Å². The Morgan fingerprint density at radius 3 is 2.72 bits per heavy atom. The van der Waals surface area contributed by atoms with E-state index in [0.29, 0.717) is 27.2 Å². The van der Waals surface area contributed by atoms with Crippen molar-refractivity contribution in [1.29, 1.82) is 0 Å². The first-order valence-corrected chi connectivity index (χ1v) is 9.49. The smallest absolute Gasteiger partial charge is 0.311 e. The highest BCUT2D eigenvalue weighted by Gasteiger charge is 2.37. The lowest BCUT2D eigenvalue weighted by atomic mass is 10.1. The van der Waals surface area contributed by atoms with Crippen molar-refractivity contribution in [2.24, 2.45) is 5.92 Å². The molecule has 2 aromatic carbocycles. The predicted molar refractivity (Wildman–Crippen MR) is 110 cm³/mol. The number of nitrogens with one attached hydrogen (secondary N) is 1. The summed E-state index contributed by atoms with van der Waals surface area (Å²) >= 11 is 11.9. The van der Waals surface area contributed by atoms with Gasteiger partial charge in [0.15, 0.2) is 6.61 Å². The molecule has 1 aliphatic rings. The molecule has 7 nitrogen and oxygen atoms in total. The summed E-state index contributed by atoms with van der Waals surface area (Å²) in [5, 5.41) is 3.24. The van der Waals surface area contributed by atoms with Crippen molar-refractivity contribution in [3.8, 4) is 5.75 Å². The number of hydrogen-bond donors (Lipinski definition) is 1. The van der Waals surface area contributed by atoms with Gasteiger partial charge in [-0.1, -0.05) is 35.3 Å². The zero-order valence-corrected chi connectivity index (χ0v) is 17.0. The van der Waals surface area contributed by atoms with Gasteiger partial charge in [0.05, 0.1) is 29.4 Å². The highest BCUT2D eigenvalue weighted by atomic mass is 35.5. The second-order valence-electron chi connectivity index (χ2n) is 6.36. The van der Waals surface area contributed by atoms with Crippen LogP contribution in [-0.4, -0.2) is 38.0 Å². The van der Waals surface area contributed by atoms with Crippen molar-refractivity contribution < 1.29 is 23.9 Å². The molecule has 0 aliphatic carbocycles. The summed E-state index contributed by atoms with van der Waals surface area (Å²) in [6.07, 6.45) is -0.00137. The average molecular weight is 437 g/mol. The van der Waals surface area contributed by atoms with Gasteiger partial charge in [0, 0.05) is 18.0 Å². The molecular weight excluding hydrogens is 419 g/mol. The summed E-state index contributed by atoms with van der Waals surface area (Å²) in [6, 6.07) is 11.7. The molecule has 0 saturated carbocycles. The van der Waals surface area contributed by atoms with E-state index in [9.17, 15) is 14.4 Å². The Labute approximate surface area is 177 Å². The topological polar surface area (TPSA) is 84.9 Å². The van der Waals surface area contributed by atoms with Crippen molar-refractivity contribution in [3.05, 3.63) is 52.5 Å². The Balaban J connectivity index is 1.57. The van der Waals surface area contributed by atoms with Crippen LogP contribution in [0.5, 0.6) is 5.75 Å². The van der Waals surface area contributed by atoms with Crippen LogP contribution in [0.2, 0.25) is 10.0 Å². The van der Waals surface area contributed by atoms with Gasteiger partial charge in [0.25, 0.3) is 5.91 Å². The van der Waals surface area contributed by atoms with Crippen LogP contribution in [0.15, 0.2) is 42.5 Å². The SMILES string of the molecule is COc1ccccc1N1C[C@@H](C(=O)OCC(=O)Nc2cc(Cl)ccc2Cl)CC1=O. The van der Waals surface area contributed by atoms with Crippen LogP contribution >= 0.6 is 23.2 Å². The number of benzene rings is 2. The molecule has 1 N–H and O–H groups in total. The van der Waals surface area contributed by atoms with Gasteiger partial charge in [0.1, 0.15) is 5.75 Å². The minimum Gasteiger partial charge on any atom is -0.495 e. The number of ether oxygens (including phenoxy) is 2. The van der Waals surface area contributed by atoms with E-state index in [4.69, 9.17) is 32.7 Å². The maximum Gasteiger partial charge on any atom is 0.311 e. The molecule has 2 amide bonds. The van der Waals surface area contributed by atoms with E-state index < -0.39 is 24.4 Å². The highest BCUT2D eigenvalue weighted by Crippen LogP contribution is 2.33. The van der Waals surface area contributed by atoms with Crippen molar-refractivity contribution >= 4 is 52.4 Å². The van der Waals surface area contributed by atoms with E-state index in [0.717, 1.165) is 0 Å². The number of methoxy groups -OCH3 is 1. The fraction of sp³-hybridized carbons (Fsp3) is 0.250. The van der Waals surface area contributed by atoms with E-state index in [1.165, 1.54) is 18.1 Å². The molecule has 152 valence electrons. The van der Waals surface area contributed by atoms with Crippen LogP contribution in [0.4, 0.5) is 11.4 Å². The Morgan fingerprint density at radius 2 is 1.97 bits per heavy atom. The molecular formula is C20H18Cl2N2O5. The first kappa shape index (κ1) is 21.0. The average Bonchev–Trinajstić information content (AvgIpc) is 3.10. The van der Waals surface area contributed by atoms with Crippen LogP contribution in [0.25, 0.3) is 0 Å². The van der Waals surface area contributed by atoms with Gasteiger partial charge in [-0.2, -0.15) is 0 Å². The predicted octanol–water partition coefficient (Wildman–Crippen LogP) is 3.54. The standard InChI is InChI=1S/C20H18Cl2N2O5/c1-28-17-5-3-2-4-16(17)24-10-12(8-19(24)26)20(27)29-11-18(25)23-15-9-13(21)6-7-14(15)22/h2-7,9,12H,8,10-11H2,1H3,(H,23,25)/t12-/m0/s1. The summed E-state index contributed by atoms with van der Waals surface area (Å²) in [7, 11) is 1.51. The molecule has 1 saturated heterocycles. The van der Waals surface area contributed by atoms with Crippen LogP contribution in [0, 0.1) is 5.92 Å². The quantitative estimate of drug-likeness (QED) is 0.699. The fourth-order valence-corrected chi connectivity index (χ4v) is 3.32. The molecule has 3 rings (SSSR count). The number of anilines is 2. The van der Waals surface area contributed by atoms with Crippen LogP contribution in [-0.2, 0) is 19.1 Å². The molecule has 1 fully saturated rings. The highest BCUT2D eigenvalue weighted by molar-refractivity contribution is 6.35. The zero-order chi connectivity index (χ0) is 21.0. The molecule has 1 aliphatic heterocycles. The third kappa shape index (κ3) is 4.99. The zero-order valence-electron chi connectivity index (χ0n) is 15.5. The normalized spacial score (nSPS) is 15.9. The van der Waals surface area contributed by atoms with Gasteiger partial charge in [-0.3, -0.25) is 14.4 Å². The van der Waals surface area contributed by atoms with Crippen molar-refractivity contribution in [1.82, 2.24) is 0 Å². The lowest BCUT2D eigenvalue weighted by Crippen LogP contribution is -2.28. The second kappa shape index (κ2) is 9.15. The van der Waals surface area contributed by atoms with Crippen molar-refractivity contribution in [2.45, 2.75) is 6.42 Å². The third-order valence-corrected chi connectivity index (χ3v) is 4.95. The Kier molecular flexibility index (Phi) is 6.61. The minimum atomic E-state index is -0.671. The minimum absolute atomic E-state index is 0.00137. The maximum absolute atomic E-state index is 12.4. The molecule has 0 spiro atoms. The number of esters is 1. The molecule has 29 heavy (non-hydrogen) atoms. The summed E-state index contributed by atoms with van der Waals surface area (Å²) in [6.45, 7) is -0.346. The Bertz CT molecular complexity index is 950. The molecule has 9 heteroatoms. The number of nitrogens with zero attached hydrogens (tertiary/aromatic N) is 1. The van der Waals surface area contributed by atoms with Crippen molar-refractivity contribution in [2.75, 3.05) is 30.5 Å². The fourth-order valence-electron chi connectivity index (χ4n) is 2.99.